The van der Waals surface area contributed by atoms with Crippen molar-refractivity contribution in [3.8, 4) is 11.8 Å². The molecule has 3 N–H and O–H groups in total. The maximum atomic E-state index is 11.4. The second-order valence-corrected chi connectivity index (χ2v) is 4.38. The number of nitrogens with one attached hydrogen (secondary N) is 1. The lowest BCUT2D eigenvalue weighted by atomic mass is 10.1. The molecule has 0 aliphatic carbocycles. The fourth-order valence-corrected chi connectivity index (χ4v) is 1.59. The van der Waals surface area contributed by atoms with E-state index >= 15 is 0 Å². The molecule has 1 atom stereocenters. The highest BCUT2D eigenvalue weighted by molar-refractivity contribution is 5.77. The summed E-state index contributed by atoms with van der Waals surface area (Å²) in [5, 5.41) is 10.9. The highest BCUT2D eigenvalue weighted by Gasteiger charge is 2.03. The highest BCUT2D eigenvalue weighted by Crippen LogP contribution is 2.14. The lowest BCUT2D eigenvalue weighted by Gasteiger charge is -2.09. The molecule has 1 amide bonds. The number of carbonyl (C=O) groups excluding carboxylic acids is 1. The van der Waals surface area contributed by atoms with Crippen molar-refractivity contribution in [2.75, 3.05) is 13.2 Å². The van der Waals surface area contributed by atoms with Crippen molar-refractivity contribution in [1.82, 2.24) is 5.32 Å². The Morgan fingerprint density at radius 2 is 2.37 bits per heavy atom. The Bertz CT molecular complexity index is 452. The molecule has 0 saturated heterocycles. The van der Waals surface area contributed by atoms with Gasteiger partial charge in [-0.1, -0.05) is 12.1 Å². The van der Waals surface area contributed by atoms with Gasteiger partial charge in [-0.25, -0.2) is 0 Å². The first kappa shape index (κ1) is 15.0. The van der Waals surface area contributed by atoms with Crippen LogP contribution < -0.4 is 15.8 Å². The van der Waals surface area contributed by atoms with E-state index in [2.05, 4.69) is 5.32 Å². The molecule has 5 nitrogen and oxygen atoms in total. The standard InChI is InChI=1S/C14H19N3O2/c1-11(16)8-12-4-2-5-13(9-12)19-10-14(18)17-7-3-6-15/h2,4-5,9,11H,3,7-8,10,16H2,1H3,(H,17,18). The molecule has 0 aromatic heterocycles. The molecule has 0 heterocycles. The summed E-state index contributed by atoms with van der Waals surface area (Å²) in [7, 11) is 0. The van der Waals surface area contributed by atoms with Gasteiger partial charge in [-0.3, -0.25) is 4.79 Å². The van der Waals surface area contributed by atoms with Crippen molar-refractivity contribution in [2.45, 2.75) is 25.8 Å². The van der Waals surface area contributed by atoms with Crippen molar-refractivity contribution in [3.05, 3.63) is 29.8 Å². The lowest BCUT2D eigenvalue weighted by Crippen LogP contribution is -2.29. The minimum atomic E-state index is -0.229. The number of nitrogens with two attached hydrogens (primary N) is 1. The molecule has 0 fully saturated rings. The number of hydrogen-bond acceptors (Lipinski definition) is 4. The predicted molar refractivity (Wildman–Crippen MR) is 72.5 cm³/mol. The van der Waals surface area contributed by atoms with Crippen LogP contribution in [0.25, 0.3) is 0 Å². The van der Waals surface area contributed by atoms with Crippen molar-refractivity contribution >= 4 is 5.91 Å². The van der Waals surface area contributed by atoms with Gasteiger partial charge < -0.3 is 15.8 Å². The Hall–Kier alpha value is -2.06. The molecule has 0 aliphatic rings. The summed E-state index contributed by atoms with van der Waals surface area (Å²) in [5.74, 6) is 0.418. The number of rotatable bonds is 7. The van der Waals surface area contributed by atoms with Crippen LogP contribution in [-0.4, -0.2) is 25.1 Å². The van der Waals surface area contributed by atoms with E-state index in [1.165, 1.54) is 0 Å². The molecule has 1 aromatic carbocycles. The third-order valence-electron chi connectivity index (χ3n) is 2.39. The minimum absolute atomic E-state index is 0.0486. The zero-order valence-electron chi connectivity index (χ0n) is 11.1. The molecule has 0 radical (unpaired) electrons. The van der Waals surface area contributed by atoms with E-state index in [1.54, 1.807) is 6.07 Å². The van der Waals surface area contributed by atoms with Gasteiger partial charge in [-0.05, 0) is 31.0 Å². The third kappa shape index (κ3) is 6.43. The zero-order valence-corrected chi connectivity index (χ0v) is 11.1. The van der Waals surface area contributed by atoms with Crippen LogP contribution in [0.3, 0.4) is 0 Å². The largest absolute Gasteiger partial charge is 0.484 e. The summed E-state index contributed by atoms with van der Waals surface area (Å²) in [5.41, 5.74) is 6.81. The first-order valence-electron chi connectivity index (χ1n) is 6.23. The van der Waals surface area contributed by atoms with Crippen LogP contribution in [0.5, 0.6) is 5.75 Å². The van der Waals surface area contributed by atoms with E-state index in [9.17, 15) is 4.79 Å². The van der Waals surface area contributed by atoms with Gasteiger partial charge >= 0.3 is 0 Å². The molecule has 0 aliphatic heterocycles. The van der Waals surface area contributed by atoms with E-state index in [-0.39, 0.29) is 18.6 Å². The monoisotopic (exact) mass is 261 g/mol. The summed E-state index contributed by atoms with van der Waals surface area (Å²) in [6.45, 7) is 2.24. The predicted octanol–water partition coefficient (Wildman–Crippen LogP) is 0.985. The summed E-state index contributed by atoms with van der Waals surface area (Å²) < 4.78 is 5.38. The molecule has 102 valence electrons. The molecule has 0 spiro atoms. The van der Waals surface area contributed by atoms with Gasteiger partial charge in [0, 0.05) is 12.6 Å². The fourth-order valence-electron chi connectivity index (χ4n) is 1.59. The van der Waals surface area contributed by atoms with Gasteiger partial charge in [0.15, 0.2) is 6.61 Å². The zero-order chi connectivity index (χ0) is 14.1. The number of carbonyl (C=O) groups is 1. The quantitative estimate of drug-likeness (QED) is 0.716. The number of amides is 1. The van der Waals surface area contributed by atoms with E-state index in [0.29, 0.717) is 18.7 Å². The number of nitriles is 1. The van der Waals surface area contributed by atoms with E-state index in [1.807, 2.05) is 31.2 Å². The summed E-state index contributed by atoms with van der Waals surface area (Å²) in [6, 6.07) is 9.57. The maximum Gasteiger partial charge on any atom is 0.257 e. The molecule has 19 heavy (non-hydrogen) atoms. The Kier molecular flexibility index (Phi) is 6.41. The number of hydrogen-bond donors (Lipinski definition) is 2. The van der Waals surface area contributed by atoms with Gasteiger partial charge in [0.2, 0.25) is 0 Å². The topological polar surface area (TPSA) is 88.1 Å². The molecule has 0 saturated carbocycles. The second kappa shape index (κ2) is 8.11. The van der Waals surface area contributed by atoms with Crippen molar-refractivity contribution in [2.24, 2.45) is 5.73 Å². The SMILES string of the molecule is CC(N)Cc1cccc(OCC(=O)NCCC#N)c1. The lowest BCUT2D eigenvalue weighted by molar-refractivity contribution is -0.123. The maximum absolute atomic E-state index is 11.4. The van der Waals surface area contributed by atoms with Crippen molar-refractivity contribution in [1.29, 1.82) is 5.26 Å². The number of benzene rings is 1. The smallest absolute Gasteiger partial charge is 0.257 e. The average Bonchev–Trinajstić information content (AvgIpc) is 2.36. The van der Waals surface area contributed by atoms with Gasteiger partial charge in [-0.2, -0.15) is 5.26 Å². The average molecular weight is 261 g/mol. The second-order valence-electron chi connectivity index (χ2n) is 4.38. The molecule has 1 aromatic rings. The Labute approximate surface area is 113 Å². The Morgan fingerprint density at radius 1 is 1.58 bits per heavy atom. The van der Waals surface area contributed by atoms with Crippen LogP contribution in [-0.2, 0) is 11.2 Å². The van der Waals surface area contributed by atoms with Gasteiger partial charge in [-0.15, -0.1) is 0 Å². The minimum Gasteiger partial charge on any atom is -0.484 e. The Morgan fingerprint density at radius 3 is 3.05 bits per heavy atom. The molecule has 1 unspecified atom stereocenters. The molecular formula is C14H19N3O2. The van der Waals surface area contributed by atoms with Gasteiger partial charge in [0.25, 0.3) is 5.91 Å². The van der Waals surface area contributed by atoms with Crippen LogP contribution in [0.15, 0.2) is 24.3 Å². The first-order valence-corrected chi connectivity index (χ1v) is 6.23. The first-order chi connectivity index (χ1) is 9.11. The van der Waals surface area contributed by atoms with E-state index in [0.717, 1.165) is 12.0 Å². The van der Waals surface area contributed by atoms with Crippen LogP contribution in [0, 0.1) is 11.3 Å². The van der Waals surface area contributed by atoms with Crippen LogP contribution in [0.2, 0.25) is 0 Å². The molecule has 5 heteroatoms. The molecule has 0 bridgehead atoms. The normalized spacial score (nSPS) is 11.4. The molecule has 1 rings (SSSR count). The van der Waals surface area contributed by atoms with Crippen molar-refractivity contribution in [3.63, 3.8) is 0 Å². The number of ether oxygens (including phenoxy) is 1. The summed E-state index contributed by atoms with van der Waals surface area (Å²) in [4.78, 5) is 11.4. The molecular weight excluding hydrogens is 242 g/mol. The van der Waals surface area contributed by atoms with E-state index < -0.39 is 0 Å². The third-order valence-corrected chi connectivity index (χ3v) is 2.39. The summed E-state index contributed by atoms with van der Waals surface area (Å²) >= 11 is 0. The number of nitrogens with zero attached hydrogens (tertiary/aromatic N) is 1. The van der Waals surface area contributed by atoms with Crippen LogP contribution in [0.4, 0.5) is 0 Å². The van der Waals surface area contributed by atoms with E-state index in [4.69, 9.17) is 15.7 Å². The van der Waals surface area contributed by atoms with Crippen LogP contribution >= 0.6 is 0 Å². The summed E-state index contributed by atoms with van der Waals surface area (Å²) in [6.07, 6.45) is 1.07. The fraction of sp³-hybridized carbons (Fsp3) is 0.429. The van der Waals surface area contributed by atoms with Crippen molar-refractivity contribution < 1.29 is 9.53 Å². The van der Waals surface area contributed by atoms with Crippen LogP contribution in [0.1, 0.15) is 18.9 Å². The Balaban J connectivity index is 2.40. The van der Waals surface area contributed by atoms with Gasteiger partial charge in [0.1, 0.15) is 5.75 Å². The van der Waals surface area contributed by atoms with Gasteiger partial charge in [0.05, 0.1) is 12.5 Å². The highest BCUT2D eigenvalue weighted by atomic mass is 16.5.